The molecule has 22 heavy (non-hydrogen) atoms. The van der Waals surface area contributed by atoms with E-state index in [1.165, 1.54) is 31.2 Å². The zero-order chi connectivity index (χ0) is 16.1. The van der Waals surface area contributed by atoms with E-state index < -0.39 is 0 Å². The summed E-state index contributed by atoms with van der Waals surface area (Å²) in [7, 11) is 0. The molecular weight excluding hydrogens is 271 g/mol. The minimum absolute atomic E-state index is 0.0728. The molecule has 1 fully saturated rings. The zero-order valence-electron chi connectivity index (χ0n) is 14.6. The molecular formula is C21H31F. The molecule has 0 saturated heterocycles. The highest BCUT2D eigenvalue weighted by Gasteiger charge is 2.29. The van der Waals surface area contributed by atoms with Crippen molar-refractivity contribution in [1.29, 1.82) is 0 Å². The Morgan fingerprint density at radius 1 is 1.09 bits per heavy atom. The van der Waals surface area contributed by atoms with E-state index in [1.54, 1.807) is 6.07 Å². The van der Waals surface area contributed by atoms with Crippen molar-refractivity contribution in [1.82, 2.24) is 0 Å². The first-order valence-electron chi connectivity index (χ1n) is 9.10. The van der Waals surface area contributed by atoms with Crippen molar-refractivity contribution in [3.8, 4) is 0 Å². The minimum Gasteiger partial charge on any atom is -0.206 e. The summed E-state index contributed by atoms with van der Waals surface area (Å²) in [4.78, 5) is 0. The molecule has 122 valence electrons. The van der Waals surface area contributed by atoms with E-state index in [0.29, 0.717) is 5.92 Å². The molecule has 2 atom stereocenters. The predicted octanol–water partition coefficient (Wildman–Crippen LogP) is 6.50. The van der Waals surface area contributed by atoms with Gasteiger partial charge in [-0.1, -0.05) is 64.8 Å². The fourth-order valence-corrected chi connectivity index (χ4v) is 4.01. The number of rotatable bonds is 2. The normalized spacial score (nSPS) is 28.3. The van der Waals surface area contributed by atoms with Crippen molar-refractivity contribution < 1.29 is 4.39 Å². The highest BCUT2D eigenvalue weighted by molar-refractivity contribution is 5.57. The topological polar surface area (TPSA) is 0 Å². The lowest BCUT2D eigenvalue weighted by Gasteiger charge is -2.35. The zero-order valence-corrected chi connectivity index (χ0v) is 14.6. The summed E-state index contributed by atoms with van der Waals surface area (Å²) in [6, 6.07) is 5.50. The Morgan fingerprint density at radius 3 is 2.45 bits per heavy atom. The van der Waals surface area contributed by atoms with E-state index in [4.69, 9.17) is 0 Å². The number of benzene rings is 1. The molecule has 0 nitrogen and oxygen atoms in total. The van der Waals surface area contributed by atoms with Gasteiger partial charge < -0.3 is 0 Å². The van der Waals surface area contributed by atoms with Crippen LogP contribution in [0, 0.1) is 29.5 Å². The van der Waals surface area contributed by atoms with Gasteiger partial charge in [-0.2, -0.15) is 0 Å². The third kappa shape index (κ3) is 3.80. The highest BCUT2D eigenvalue weighted by atomic mass is 19.1. The van der Waals surface area contributed by atoms with Crippen LogP contribution in [-0.4, -0.2) is 0 Å². The molecule has 3 rings (SSSR count). The standard InChI is InChI=1S/C19H25F.C2H6/c1-13-6-8-15(9-7-13)14(2)16-10-11-18-17(12-16)4-3-5-19(18)20;1-2/h3-5,10-11,13-16H,6-9,12H2,1-2H3;1-2H3. The molecule has 1 aromatic carbocycles. The summed E-state index contributed by atoms with van der Waals surface area (Å²) >= 11 is 0. The molecule has 2 aliphatic rings. The molecule has 0 spiro atoms. The van der Waals surface area contributed by atoms with Crippen LogP contribution in [0.2, 0.25) is 0 Å². The molecule has 0 amide bonds. The fourth-order valence-electron chi connectivity index (χ4n) is 4.01. The summed E-state index contributed by atoms with van der Waals surface area (Å²) in [5.74, 6) is 3.00. The van der Waals surface area contributed by atoms with Crippen LogP contribution in [0.4, 0.5) is 4.39 Å². The van der Waals surface area contributed by atoms with Crippen molar-refractivity contribution in [3.05, 3.63) is 41.2 Å². The maximum absolute atomic E-state index is 13.7. The van der Waals surface area contributed by atoms with Gasteiger partial charge in [-0.25, -0.2) is 4.39 Å². The number of hydrogen-bond donors (Lipinski definition) is 0. The van der Waals surface area contributed by atoms with Crippen molar-refractivity contribution in [2.75, 3.05) is 0 Å². The lowest BCUT2D eigenvalue weighted by molar-refractivity contribution is 0.189. The molecule has 2 aliphatic carbocycles. The first kappa shape index (κ1) is 17.2. The summed E-state index contributed by atoms with van der Waals surface area (Å²) in [5, 5.41) is 0. The van der Waals surface area contributed by atoms with Crippen LogP contribution < -0.4 is 0 Å². The lowest BCUT2D eigenvalue weighted by Crippen LogP contribution is -2.26. The van der Waals surface area contributed by atoms with Gasteiger partial charge >= 0.3 is 0 Å². The SMILES string of the molecule is CC.CC1CCC(C(C)C2C=Cc3c(F)cccc3C2)CC1. The third-order valence-electron chi connectivity index (χ3n) is 5.59. The predicted molar refractivity (Wildman–Crippen MR) is 94.3 cm³/mol. The van der Waals surface area contributed by atoms with Gasteiger partial charge in [0, 0.05) is 5.56 Å². The molecule has 1 saturated carbocycles. The van der Waals surface area contributed by atoms with Crippen molar-refractivity contribution in [3.63, 3.8) is 0 Å². The first-order valence-corrected chi connectivity index (χ1v) is 9.10. The molecule has 0 N–H and O–H groups in total. The van der Waals surface area contributed by atoms with Gasteiger partial charge in [0.2, 0.25) is 0 Å². The van der Waals surface area contributed by atoms with Crippen molar-refractivity contribution in [2.24, 2.45) is 23.7 Å². The Bertz CT molecular complexity index is 495. The van der Waals surface area contributed by atoms with Crippen molar-refractivity contribution in [2.45, 2.75) is 59.8 Å². The third-order valence-corrected chi connectivity index (χ3v) is 5.59. The van der Waals surface area contributed by atoms with Crippen LogP contribution in [0.25, 0.3) is 6.08 Å². The van der Waals surface area contributed by atoms with Crippen molar-refractivity contribution >= 4 is 6.08 Å². The van der Waals surface area contributed by atoms with Crippen LogP contribution in [-0.2, 0) is 6.42 Å². The Morgan fingerprint density at radius 2 is 1.77 bits per heavy atom. The maximum atomic E-state index is 13.7. The van der Waals surface area contributed by atoms with Gasteiger partial charge in [0.25, 0.3) is 0 Å². The fraction of sp³-hybridized carbons (Fsp3) is 0.619. The summed E-state index contributed by atoms with van der Waals surface area (Å²) in [5.41, 5.74) is 2.00. The summed E-state index contributed by atoms with van der Waals surface area (Å²) < 4.78 is 13.7. The van der Waals surface area contributed by atoms with E-state index in [9.17, 15) is 4.39 Å². The molecule has 2 unspecified atom stereocenters. The molecule has 1 aromatic rings. The van der Waals surface area contributed by atoms with Gasteiger partial charge in [-0.3, -0.25) is 0 Å². The van der Waals surface area contributed by atoms with Crippen LogP contribution >= 0.6 is 0 Å². The lowest BCUT2D eigenvalue weighted by atomic mass is 9.70. The van der Waals surface area contributed by atoms with Gasteiger partial charge in [0.05, 0.1) is 0 Å². The molecule has 1 heteroatoms. The number of allylic oxidation sites excluding steroid dienone is 1. The second-order valence-corrected chi connectivity index (χ2v) is 6.92. The number of hydrogen-bond acceptors (Lipinski definition) is 0. The summed E-state index contributed by atoms with van der Waals surface area (Å²) in [6.45, 7) is 8.78. The minimum atomic E-state index is -0.0728. The van der Waals surface area contributed by atoms with E-state index in [-0.39, 0.29) is 5.82 Å². The van der Waals surface area contributed by atoms with Gasteiger partial charge in [-0.15, -0.1) is 0 Å². The van der Waals surface area contributed by atoms with E-state index in [1.807, 2.05) is 26.0 Å². The van der Waals surface area contributed by atoms with Gasteiger partial charge in [-0.05, 0) is 54.6 Å². The molecule has 0 radical (unpaired) electrons. The van der Waals surface area contributed by atoms with Crippen LogP contribution in [0.15, 0.2) is 24.3 Å². The Hall–Kier alpha value is -1.11. The molecule has 0 aromatic heterocycles. The Balaban J connectivity index is 0.000000847. The molecule has 0 heterocycles. The quantitative estimate of drug-likeness (QED) is 0.585. The van der Waals surface area contributed by atoms with Gasteiger partial charge in [0.15, 0.2) is 0 Å². The highest BCUT2D eigenvalue weighted by Crippen LogP contribution is 2.39. The monoisotopic (exact) mass is 302 g/mol. The largest absolute Gasteiger partial charge is 0.206 e. The number of halogens is 1. The second kappa shape index (κ2) is 7.94. The Kier molecular flexibility index (Phi) is 6.23. The van der Waals surface area contributed by atoms with E-state index in [2.05, 4.69) is 26.0 Å². The molecule has 0 bridgehead atoms. The van der Waals surface area contributed by atoms with Crippen LogP contribution in [0.5, 0.6) is 0 Å². The average Bonchev–Trinajstić information content (AvgIpc) is 2.57. The van der Waals surface area contributed by atoms with Gasteiger partial charge in [0.1, 0.15) is 5.82 Å². The number of fused-ring (bicyclic) bond motifs is 1. The molecule has 0 aliphatic heterocycles. The average molecular weight is 302 g/mol. The van der Waals surface area contributed by atoms with E-state index in [0.717, 1.165) is 29.7 Å². The Labute approximate surface area is 135 Å². The second-order valence-electron chi connectivity index (χ2n) is 6.92. The smallest absolute Gasteiger partial charge is 0.130 e. The maximum Gasteiger partial charge on any atom is 0.130 e. The van der Waals surface area contributed by atoms with E-state index >= 15 is 0 Å². The van der Waals surface area contributed by atoms with Crippen LogP contribution in [0.3, 0.4) is 0 Å². The summed E-state index contributed by atoms with van der Waals surface area (Å²) in [6.07, 6.45) is 10.8. The first-order chi connectivity index (χ1) is 10.6. The van der Waals surface area contributed by atoms with Crippen LogP contribution in [0.1, 0.15) is 64.5 Å².